The second-order valence-electron chi connectivity index (χ2n) is 9.90. The predicted octanol–water partition coefficient (Wildman–Crippen LogP) is 6.29. The lowest BCUT2D eigenvalue weighted by Gasteiger charge is -2.25. The monoisotopic (exact) mass is 497 g/mol. The van der Waals surface area contributed by atoms with Gasteiger partial charge in [-0.05, 0) is 47.1 Å². The first-order valence-corrected chi connectivity index (χ1v) is 12.3. The van der Waals surface area contributed by atoms with Gasteiger partial charge in [-0.25, -0.2) is 4.79 Å². The third-order valence-electron chi connectivity index (χ3n) is 6.26. The van der Waals surface area contributed by atoms with E-state index in [0.717, 1.165) is 43.1 Å². The molecule has 0 saturated heterocycles. The van der Waals surface area contributed by atoms with Crippen molar-refractivity contribution in [3.8, 4) is 11.5 Å². The van der Waals surface area contributed by atoms with Crippen molar-refractivity contribution in [2.45, 2.75) is 71.1 Å². The zero-order valence-corrected chi connectivity index (χ0v) is 22.5. The number of hydrogen-bond donors (Lipinski definition) is 1. The van der Waals surface area contributed by atoms with Crippen molar-refractivity contribution >= 4 is 23.9 Å². The van der Waals surface area contributed by atoms with Crippen LogP contribution in [0.1, 0.15) is 97.6 Å². The fraction of sp³-hybridized carbons (Fsp3) is 0.483. The van der Waals surface area contributed by atoms with E-state index in [1.807, 2.05) is 26.8 Å². The van der Waals surface area contributed by atoms with Gasteiger partial charge in [0.1, 0.15) is 11.5 Å². The molecular weight excluding hydrogens is 458 g/mol. The maximum Gasteiger partial charge on any atom is 0.337 e. The minimum Gasteiger partial charge on any atom is -0.496 e. The van der Waals surface area contributed by atoms with E-state index in [2.05, 4.69) is 12.2 Å². The Kier molecular flexibility index (Phi) is 10.5. The van der Waals surface area contributed by atoms with Gasteiger partial charge in [0.05, 0.1) is 32.5 Å². The number of ether oxygens (including phenoxy) is 3. The molecular formula is C29H39NO6. The summed E-state index contributed by atoms with van der Waals surface area (Å²) in [5, 5.41) is 3.03. The van der Waals surface area contributed by atoms with Gasteiger partial charge in [-0.15, -0.1) is 0 Å². The zero-order valence-electron chi connectivity index (χ0n) is 22.5. The number of anilines is 1. The minimum atomic E-state index is -0.465. The van der Waals surface area contributed by atoms with Gasteiger partial charge < -0.3 is 19.5 Å². The molecule has 7 nitrogen and oxygen atoms in total. The molecule has 2 aromatic rings. The molecule has 0 aliphatic rings. The van der Waals surface area contributed by atoms with Crippen LogP contribution in [0.15, 0.2) is 30.3 Å². The molecule has 0 aromatic heterocycles. The number of nitrogens with one attached hydrogen (secondary N) is 1. The SMILES string of the molecule is CCCCCC(CC(=O)Nc1cc(C(=O)OC)ccc1C(C)(C)C)c1cc(C=O)c(OC)cc1OC. The Morgan fingerprint density at radius 2 is 1.69 bits per heavy atom. The molecule has 1 amide bonds. The van der Waals surface area contributed by atoms with Crippen LogP contribution in [-0.4, -0.2) is 39.5 Å². The van der Waals surface area contributed by atoms with E-state index in [1.165, 1.54) is 14.2 Å². The zero-order chi connectivity index (χ0) is 26.9. The maximum absolute atomic E-state index is 13.4. The predicted molar refractivity (Wildman–Crippen MR) is 142 cm³/mol. The summed E-state index contributed by atoms with van der Waals surface area (Å²) in [5.74, 6) is 0.187. The Bertz CT molecular complexity index is 1070. The van der Waals surface area contributed by atoms with Crippen LogP contribution in [0.25, 0.3) is 0 Å². The van der Waals surface area contributed by atoms with Crippen molar-refractivity contribution in [2.24, 2.45) is 0 Å². The average Bonchev–Trinajstić information content (AvgIpc) is 2.86. The molecule has 0 radical (unpaired) electrons. The van der Waals surface area contributed by atoms with Gasteiger partial charge in [0.25, 0.3) is 0 Å². The molecule has 36 heavy (non-hydrogen) atoms. The van der Waals surface area contributed by atoms with Gasteiger partial charge in [0.2, 0.25) is 5.91 Å². The Morgan fingerprint density at radius 1 is 1.00 bits per heavy atom. The number of methoxy groups -OCH3 is 3. The molecule has 2 rings (SSSR count). The molecule has 0 fully saturated rings. The first-order valence-electron chi connectivity index (χ1n) is 12.3. The number of unbranched alkanes of at least 4 members (excludes halogenated alkanes) is 2. The summed E-state index contributed by atoms with van der Waals surface area (Å²) in [6.07, 6.45) is 4.72. The number of benzene rings is 2. The molecule has 0 saturated carbocycles. The van der Waals surface area contributed by atoms with Crippen LogP contribution in [-0.2, 0) is 14.9 Å². The Hall–Kier alpha value is -3.35. The summed E-state index contributed by atoms with van der Waals surface area (Å²) >= 11 is 0. The molecule has 0 aliphatic heterocycles. The number of aldehydes is 1. The van der Waals surface area contributed by atoms with Crippen molar-refractivity contribution in [1.29, 1.82) is 0 Å². The number of carbonyl (C=O) groups is 3. The van der Waals surface area contributed by atoms with Crippen molar-refractivity contribution in [3.63, 3.8) is 0 Å². The van der Waals surface area contributed by atoms with E-state index >= 15 is 0 Å². The van der Waals surface area contributed by atoms with Crippen LogP contribution in [0.4, 0.5) is 5.69 Å². The third kappa shape index (κ3) is 7.33. The molecule has 1 atom stereocenters. The summed E-state index contributed by atoms with van der Waals surface area (Å²) in [6, 6.07) is 8.67. The molecule has 0 spiro atoms. The lowest BCUT2D eigenvalue weighted by Crippen LogP contribution is -2.21. The molecule has 7 heteroatoms. The smallest absolute Gasteiger partial charge is 0.337 e. The number of amides is 1. The van der Waals surface area contributed by atoms with E-state index in [0.29, 0.717) is 28.3 Å². The topological polar surface area (TPSA) is 90.9 Å². The Morgan fingerprint density at radius 3 is 2.25 bits per heavy atom. The number of rotatable bonds is 12. The highest BCUT2D eigenvalue weighted by atomic mass is 16.5. The quantitative estimate of drug-likeness (QED) is 0.210. The van der Waals surface area contributed by atoms with Gasteiger partial charge in [-0.2, -0.15) is 0 Å². The molecule has 2 aromatic carbocycles. The molecule has 1 unspecified atom stereocenters. The van der Waals surface area contributed by atoms with Crippen LogP contribution in [0.2, 0.25) is 0 Å². The Balaban J connectivity index is 2.44. The Labute approximate surface area is 214 Å². The lowest BCUT2D eigenvalue weighted by atomic mass is 9.84. The molecule has 0 aliphatic carbocycles. The van der Waals surface area contributed by atoms with Crippen molar-refractivity contribution in [1.82, 2.24) is 0 Å². The standard InChI is InChI=1S/C29H39NO6/c1-8-9-10-11-19(22-14-21(18-31)25(34-5)17-26(22)35-6)16-27(32)30-24-15-20(28(33)36-7)12-13-23(24)29(2,3)4/h12-15,17-19H,8-11,16H2,1-7H3,(H,30,32). The number of hydrogen-bond acceptors (Lipinski definition) is 6. The fourth-order valence-corrected chi connectivity index (χ4v) is 4.34. The van der Waals surface area contributed by atoms with E-state index in [9.17, 15) is 14.4 Å². The van der Waals surface area contributed by atoms with E-state index in [1.54, 1.807) is 31.4 Å². The summed E-state index contributed by atoms with van der Waals surface area (Å²) in [6.45, 7) is 8.27. The fourth-order valence-electron chi connectivity index (χ4n) is 4.34. The molecule has 1 N–H and O–H groups in total. The van der Waals surface area contributed by atoms with Gasteiger partial charge in [-0.3, -0.25) is 9.59 Å². The van der Waals surface area contributed by atoms with Crippen LogP contribution < -0.4 is 14.8 Å². The largest absolute Gasteiger partial charge is 0.496 e. The normalized spacial score (nSPS) is 12.0. The molecule has 0 bridgehead atoms. The summed E-state index contributed by atoms with van der Waals surface area (Å²) < 4.78 is 15.8. The minimum absolute atomic E-state index is 0.169. The summed E-state index contributed by atoms with van der Waals surface area (Å²) in [5.41, 5.74) is 2.82. The van der Waals surface area contributed by atoms with Gasteiger partial charge in [0.15, 0.2) is 6.29 Å². The first-order chi connectivity index (χ1) is 17.1. The van der Waals surface area contributed by atoms with Crippen LogP contribution in [0, 0.1) is 0 Å². The average molecular weight is 498 g/mol. The third-order valence-corrected chi connectivity index (χ3v) is 6.26. The maximum atomic E-state index is 13.4. The van der Waals surface area contributed by atoms with Crippen molar-refractivity contribution in [2.75, 3.05) is 26.6 Å². The van der Waals surface area contributed by atoms with Gasteiger partial charge in [-0.1, -0.05) is 53.0 Å². The van der Waals surface area contributed by atoms with E-state index in [-0.39, 0.29) is 23.7 Å². The second-order valence-corrected chi connectivity index (χ2v) is 9.90. The highest BCUT2D eigenvalue weighted by Gasteiger charge is 2.25. The molecule has 0 heterocycles. The van der Waals surface area contributed by atoms with Crippen LogP contribution >= 0.6 is 0 Å². The lowest BCUT2D eigenvalue weighted by molar-refractivity contribution is -0.116. The van der Waals surface area contributed by atoms with Crippen LogP contribution in [0.5, 0.6) is 11.5 Å². The van der Waals surface area contributed by atoms with E-state index in [4.69, 9.17) is 14.2 Å². The summed E-state index contributed by atoms with van der Waals surface area (Å²) in [4.78, 5) is 37.2. The van der Waals surface area contributed by atoms with Crippen molar-refractivity contribution < 1.29 is 28.6 Å². The van der Waals surface area contributed by atoms with Gasteiger partial charge >= 0.3 is 5.97 Å². The number of carbonyl (C=O) groups excluding carboxylic acids is 3. The van der Waals surface area contributed by atoms with E-state index < -0.39 is 5.97 Å². The summed E-state index contributed by atoms with van der Waals surface area (Å²) in [7, 11) is 4.40. The second kappa shape index (κ2) is 13.1. The van der Waals surface area contributed by atoms with Gasteiger partial charge in [0, 0.05) is 18.2 Å². The van der Waals surface area contributed by atoms with Crippen LogP contribution in [0.3, 0.4) is 0 Å². The van der Waals surface area contributed by atoms with Crippen molar-refractivity contribution in [3.05, 3.63) is 52.6 Å². The highest BCUT2D eigenvalue weighted by molar-refractivity contribution is 5.96. The first kappa shape index (κ1) is 28.9. The number of esters is 1. The molecule has 196 valence electrons. The highest BCUT2D eigenvalue weighted by Crippen LogP contribution is 2.38.